The van der Waals surface area contributed by atoms with E-state index in [1.54, 1.807) is 0 Å². The summed E-state index contributed by atoms with van der Waals surface area (Å²) >= 11 is 0. The van der Waals surface area contributed by atoms with E-state index in [0.29, 0.717) is 6.54 Å². The van der Waals surface area contributed by atoms with Gasteiger partial charge in [0.05, 0.1) is 12.7 Å². The second-order valence-electron chi connectivity index (χ2n) is 3.90. The monoisotopic (exact) mass is 227 g/mol. The fourth-order valence-electron chi connectivity index (χ4n) is 1.49. The van der Waals surface area contributed by atoms with Crippen molar-refractivity contribution in [3.05, 3.63) is 0 Å². The summed E-state index contributed by atoms with van der Waals surface area (Å²) < 4.78 is 40.9. The highest BCUT2D eigenvalue weighted by atomic mass is 19.4. The third-order valence-corrected chi connectivity index (χ3v) is 2.60. The van der Waals surface area contributed by atoms with Crippen molar-refractivity contribution in [2.75, 3.05) is 19.7 Å². The van der Waals surface area contributed by atoms with Gasteiger partial charge in [-0.1, -0.05) is 6.92 Å². The summed E-state index contributed by atoms with van der Waals surface area (Å²) in [7, 11) is 0. The van der Waals surface area contributed by atoms with Gasteiger partial charge in [0.25, 0.3) is 0 Å². The Kier molecular flexibility index (Phi) is 4.36. The molecule has 15 heavy (non-hydrogen) atoms. The highest BCUT2D eigenvalue weighted by Crippen LogP contribution is 2.22. The minimum absolute atomic E-state index is 0.228. The maximum Gasteiger partial charge on any atom is 0.416 e. The molecule has 3 unspecified atom stereocenters. The average Bonchev–Trinajstić information content (AvgIpc) is 2.14. The van der Waals surface area contributed by atoms with E-state index >= 15 is 0 Å². The standard InChI is InChI=1S/C9H16F3NO2/c1-6-2-3-13-4-7(6)15-5-8(14)9(10,11)12/h6-8,13-14H,2-5H2,1H3. The van der Waals surface area contributed by atoms with Crippen molar-refractivity contribution in [3.8, 4) is 0 Å². The fourth-order valence-corrected chi connectivity index (χ4v) is 1.49. The molecule has 1 rings (SSSR count). The van der Waals surface area contributed by atoms with Crippen LogP contribution in [0, 0.1) is 5.92 Å². The van der Waals surface area contributed by atoms with Crippen LogP contribution in [0.25, 0.3) is 0 Å². The van der Waals surface area contributed by atoms with Crippen LogP contribution in [0.2, 0.25) is 0 Å². The van der Waals surface area contributed by atoms with Crippen molar-refractivity contribution >= 4 is 0 Å². The van der Waals surface area contributed by atoms with Gasteiger partial charge in [0.15, 0.2) is 6.10 Å². The number of piperidine rings is 1. The van der Waals surface area contributed by atoms with E-state index in [4.69, 9.17) is 9.84 Å². The molecule has 0 bridgehead atoms. The summed E-state index contributed by atoms with van der Waals surface area (Å²) in [5.41, 5.74) is 0. The number of alkyl halides is 3. The Balaban J connectivity index is 2.29. The molecule has 0 aromatic rings. The van der Waals surface area contributed by atoms with Crippen LogP contribution in [0.1, 0.15) is 13.3 Å². The SMILES string of the molecule is CC1CCNCC1OCC(O)C(F)(F)F. The molecule has 3 atom stereocenters. The van der Waals surface area contributed by atoms with Crippen LogP contribution in [0.5, 0.6) is 0 Å². The van der Waals surface area contributed by atoms with Gasteiger partial charge < -0.3 is 15.2 Å². The summed E-state index contributed by atoms with van der Waals surface area (Å²) in [6.07, 6.45) is -6.33. The number of hydrogen-bond acceptors (Lipinski definition) is 3. The normalized spacial score (nSPS) is 30.2. The molecule has 0 aromatic carbocycles. The van der Waals surface area contributed by atoms with Crippen LogP contribution in [-0.4, -0.2) is 43.2 Å². The van der Waals surface area contributed by atoms with E-state index in [0.717, 1.165) is 13.0 Å². The summed E-state index contributed by atoms with van der Waals surface area (Å²) in [4.78, 5) is 0. The first-order valence-electron chi connectivity index (χ1n) is 4.98. The first-order valence-corrected chi connectivity index (χ1v) is 4.98. The Labute approximate surface area is 86.6 Å². The lowest BCUT2D eigenvalue weighted by atomic mass is 9.97. The molecular weight excluding hydrogens is 211 g/mol. The third-order valence-electron chi connectivity index (χ3n) is 2.60. The van der Waals surface area contributed by atoms with E-state index in [-0.39, 0.29) is 12.0 Å². The molecular formula is C9H16F3NO2. The first kappa shape index (κ1) is 12.7. The third kappa shape index (κ3) is 3.96. The molecule has 0 radical (unpaired) electrons. The maximum absolute atomic E-state index is 12.0. The molecule has 0 spiro atoms. The molecule has 0 aliphatic carbocycles. The fraction of sp³-hybridized carbons (Fsp3) is 1.00. The summed E-state index contributed by atoms with van der Waals surface area (Å²) in [5.74, 6) is 0.228. The van der Waals surface area contributed by atoms with Crippen molar-refractivity contribution in [3.63, 3.8) is 0 Å². The number of rotatable bonds is 3. The van der Waals surface area contributed by atoms with E-state index < -0.39 is 18.9 Å². The molecule has 1 fully saturated rings. The zero-order valence-electron chi connectivity index (χ0n) is 8.55. The molecule has 1 heterocycles. The van der Waals surface area contributed by atoms with Crippen molar-refractivity contribution in [1.82, 2.24) is 5.32 Å². The Morgan fingerprint density at radius 3 is 2.73 bits per heavy atom. The van der Waals surface area contributed by atoms with Gasteiger partial charge in [0.2, 0.25) is 0 Å². The molecule has 3 nitrogen and oxygen atoms in total. The van der Waals surface area contributed by atoms with E-state index in [1.807, 2.05) is 6.92 Å². The lowest BCUT2D eigenvalue weighted by Crippen LogP contribution is -2.43. The van der Waals surface area contributed by atoms with Gasteiger partial charge in [-0.15, -0.1) is 0 Å². The maximum atomic E-state index is 12.0. The van der Waals surface area contributed by atoms with Crippen LogP contribution >= 0.6 is 0 Å². The predicted octanol–water partition coefficient (Wildman–Crippen LogP) is 0.924. The molecule has 90 valence electrons. The molecule has 6 heteroatoms. The highest BCUT2D eigenvalue weighted by Gasteiger charge is 2.39. The number of nitrogens with one attached hydrogen (secondary N) is 1. The lowest BCUT2D eigenvalue weighted by Gasteiger charge is -2.30. The number of aliphatic hydroxyl groups excluding tert-OH is 1. The highest BCUT2D eigenvalue weighted by molar-refractivity contribution is 4.76. The molecule has 1 saturated heterocycles. The van der Waals surface area contributed by atoms with Gasteiger partial charge in [-0.3, -0.25) is 0 Å². The summed E-state index contributed by atoms with van der Waals surface area (Å²) in [6.45, 7) is 2.67. The van der Waals surface area contributed by atoms with Crippen molar-refractivity contribution in [2.24, 2.45) is 5.92 Å². The van der Waals surface area contributed by atoms with Crippen molar-refractivity contribution in [2.45, 2.75) is 31.7 Å². The second-order valence-corrected chi connectivity index (χ2v) is 3.90. The molecule has 0 amide bonds. The zero-order valence-corrected chi connectivity index (χ0v) is 8.55. The van der Waals surface area contributed by atoms with Crippen LogP contribution in [0.3, 0.4) is 0 Å². The van der Waals surface area contributed by atoms with E-state index in [1.165, 1.54) is 0 Å². The van der Waals surface area contributed by atoms with Gasteiger partial charge in [-0.25, -0.2) is 0 Å². The van der Waals surface area contributed by atoms with Crippen molar-refractivity contribution < 1.29 is 23.0 Å². The van der Waals surface area contributed by atoms with Gasteiger partial charge >= 0.3 is 6.18 Å². The molecule has 1 aliphatic heterocycles. The molecule has 0 saturated carbocycles. The van der Waals surface area contributed by atoms with Gasteiger partial charge in [-0.05, 0) is 18.9 Å². The quantitative estimate of drug-likeness (QED) is 0.753. The molecule has 0 aromatic heterocycles. The van der Waals surface area contributed by atoms with E-state index in [2.05, 4.69) is 5.32 Å². The minimum atomic E-state index is -4.59. The van der Waals surface area contributed by atoms with Gasteiger partial charge in [0, 0.05) is 6.54 Å². The van der Waals surface area contributed by atoms with Crippen LogP contribution in [0.15, 0.2) is 0 Å². The Morgan fingerprint density at radius 2 is 2.20 bits per heavy atom. The smallest absolute Gasteiger partial charge is 0.382 e. The summed E-state index contributed by atoms with van der Waals surface area (Å²) in [5, 5.41) is 11.8. The van der Waals surface area contributed by atoms with Crippen LogP contribution in [-0.2, 0) is 4.74 Å². The molecule has 2 N–H and O–H groups in total. The largest absolute Gasteiger partial charge is 0.416 e. The second kappa shape index (κ2) is 5.14. The zero-order chi connectivity index (χ0) is 11.5. The van der Waals surface area contributed by atoms with Crippen molar-refractivity contribution in [1.29, 1.82) is 0 Å². The van der Waals surface area contributed by atoms with Crippen LogP contribution in [0.4, 0.5) is 13.2 Å². The number of hydrogen-bond donors (Lipinski definition) is 2. The lowest BCUT2D eigenvalue weighted by molar-refractivity contribution is -0.223. The van der Waals surface area contributed by atoms with Gasteiger partial charge in [-0.2, -0.15) is 13.2 Å². The molecule has 1 aliphatic rings. The minimum Gasteiger partial charge on any atom is -0.382 e. The van der Waals surface area contributed by atoms with Gasteiger partial charge in [0.1, 0.15) is 0 Å². The number of halogens is 3. The van der Waals surface area contributed by atoms with E-state index in [9.17, 15) is 13.2 Å². The van der Waals surface area contributed by atoms with Crippen LogP contribution < -0.4 is 5.32 Å². The number of ether oxygens (including phenoxy) is 1. The Hall–Kier alpha value is -0.330. The predicted molar refractivity (Wildman–Crippen MR) is 48.5 cm³/mol. The average molecular weight is 227 g/mol. The topological polar surface area (TPSA) is 41.5 Å². The number of aliphatic hydroxyl groups is 1. The summed E-state index contributed by atoms with van der Waals surface area (Å²) in [6, 6.07) is 0. The Bertz CT molecular complexity index is 198. The first-order chi connectivity index (χ1) is 6.91. The Morgan fingerprint density at radius 1 is 1.53 bits per heavy atom.